The van der Waals surface area contributed by atoms with Crippen LogP contribution >= 0.6 is 11.3 Å². The molecule has 2 heterocycles. The lowest BCUT2D eigenvalue weighted by Crippen LogP contribution is -2.13. The lowest BCUT2D eigenvalue weighted by Gasteiger charge is -2.00. The molecule has 0 fully saturated rings. The van der Waals surface area contributed by atoms with Gasteiger partial charge < -0.3 is 0 Å². The molecule has 0 aliphatic heterocycles. The molecule has 2 aromatic heterocycles. The molecule has 4 aromatic rings. The van der Waals surface area contributed by atoms with Gasteiger partial charge in [0.1, 0.15) is 5.01 Å². The minimum atomic E-state index is 0.825. The molecule has 116 valence electrons. The molecule has 0 unspecified atom stereocenters. The van der Waals surface area contributed by atoms with Crippen LogP contribution in [-0.4, -0.2) is 14.8 Å². The van der Waals surface area contributed by atoms with Gasteiger partial charge in [-0.1, -0.05) is 59.9 Å². The van der Waals surface area contributed by atoms with Crippen molar-refractivity contribution in [3.8, 4) is 16.3 Å². The quantitative estimate of drug-likeness (QED) is 0.564. The first kappa shape index (κ1) is 14.5. The van der Waals surface area contributed by atoms with Crippen LogP contribution in [0.25, 0.3) is 16.3 Å². The van der Waals surface area contributed by atoms with E-state index in [0.29, 0.717) is 0 Å². The molecular weight excluding hydrogens is 316 g/mol. The summed E-state index contributed by atoms with van der Waals surface area (Å²) in [6, 6.07) is 24.0. The molecule has 2 aromatic carbocycles. The minimum Gasteiger partial charge on any atom is -0.265 e. The predicted octanol–water partition coefficient (Wildman–Crippen LogP) is 4.23. The highest BCUT2D eigenvalue weighted by atomic mass is 32.1. The Morgan fingerprint density at radius 1 is 0.792 bits per heavy atom. The van der Waals surface area contributed by atoms with E-state index in [4.69, 9.17) is 10.1 Å². The van der Waals surface area contributed by atoms with Crippen LogP contribution in [0.2, 0.25) is 0 Å². The zero-order chi connectivity index (χ0) is 16.2. The summed E-state index contributed by atoms with van der Waals surface area (Å²) in [7, 11) is 0. The number of para-hydroxylation sites is 1. The topological polar surface area (TPSA) is 43.1 Å². The first-order valence-corrected chi connectivity index (χ1v) is 8.37. The molecular formula is C19H14N4S. The van der Waals surface area contributed by atoms with Crippen molar-refractivity contribution in [2.75, 3.05) is 0 Å². The number of benzene rings is 2. The van der Waals surface area contributed by atoms with E-state index in [2.05, 4.69) is 17.1 Å². The van der Waals surface area contributed by atoms with Gasteiger partial charge in [0.2, 0.25) is 4.80 Å². The molecule has 0 radical (unpaired) electrons. The molecule has 0 spiro atoms. The highest BCUT2D eigenvalue weighted by Gasteiger charge is 2.08. The number of hydrogen-bond acceptors (Lipinski definition) is 4. The maximum Gasteiger partial charge on any atom is 0.213 e. The summed E-state index contributed by atoms with van der Waals surface area (Å²) in [5.41, 5.74) is 2.94. The van der Waals surface area contributed by atoms with E-state index in [1.807, 2.05) is 65.3 Å². The second-order valence-corrected chi connectivity index (χ2v) is 6.08. The van der Waals surface area contributed by atoms with Gasteiger partial charge in [-0.2, -0.15) is 5.10 Å². The monoisotopic (exact) mass is 330 g/mol. The Hall–Kier alpha value is -3.05. The number of hydrogen-bond donors (Lipinski definition) is 0. The van der Waals surface area contributed by atoms with E-state index in [0.717, 1.165) is 26.7 Å². The molecule has 0 bridgehead atoms. The van der Waals surface area contributed by atoms with Gasteiger partial charge in [-0.15, -0.1) is 0 Å². The fraction of sp³-hybridized carbons (Fsp3) is 0. The number of pyridine rings is 1. The Kier molecular flexibility index (Phi) is 4.00. The third-order valence-corrected chi connectivity index (χ3v) is 4.43. The lowest BCUT2D eigenvalue weighted by atomic mass is 10.2. The summed E-state index contributed by atoms with van der Waals surface area (Å²) in [5.74, 6) is 0. The molecule has 4 rings (SSSR count). The van der Waals surface area contributed by atoms with Gasteiger partial charge >= 0.3 is 0 Å². The van der Waals surface area contributed by atoms with Gasteiger partial charge in [0.05, 0.1) is 11.4 Å². The van der Waals surface area contributed by atoms with Crippen LogP contribution in [0.5, 0.6) is 0 Å². The van der Waals surface area contributed by atoms with Crippen molar-refractivity contribution in [2.45, 2.75) is 0 Å². The predicted molar refractivity (Wildman–Crippen MR) is 96.3 cm³/mol. The lowest BCUT2D eigenvalue weighted by molar-refractivity contribution is 0.838. The van der Waals surface area contributed by atoms with Crippen LogP contribution < -0.4 is 4.80 Å². The van der Waals surface area contributed by atoms with Crippen molar-refractivity contribution in [1.29, 1.82) is 0 Å². The fourth-order valence-corrected chi connectivity index (χ4v) is 3.25. The largest absolute Gasteiger partial charge is 0.265 e. The molecule has 0 N–H and O–H groups in total. The Labute approximate surface area is 143 Å². The Morgan fingerprint density at radius 2 is 1.46 bits per heavy atom. The van der Waals surface area contributed by atoms with E-state index in [9.17, 15) is 0 Å². The van der Waals surface area contributed by atoms with Crippen LogP contribution in [0.4, 0.5) is 5.69 Å². The Balaban J connectivity index is 1.91. The maximum absolute atomic E-state index is 4.77. The smallest absolute Gasteiger partial charge is 0.213 e. The molecule has 0 amide bonds. The van der Waals surface area contributed by atoms with Crippen molar-refractivity contribution in [2.24, 2.45) is 4.99 Å². The number of nitrogens with zero attached hydrogens (tertiary/aromatic N) is 4. The zero-order valence-electron chi connectivity index (χ0n) is 12.8. The Bertz CT molecular complexity index is 990. The Morgan fingerprint density at radius 3 is 2.17 bits per heavy atom. The van der Waals surface area contributed by atoms with E-state index >= 15 is 0 Å². The molecule has 0 aliphatic carbocycles. The highest BCUT2D eigenvalue weighted by Crippen LogP contribution is 2.20. The summed E-state index contributed by atoms with van der Waals surface area (Å²) in [6.07, 6.45) is 3.48. The maximum atomic E-state index is 4.77. The third kappa shape index (κ3) is 3.02. The summed E-state index contributed by atoms with van der Waals surface area (Å²) in [4.78, 5) is 9.61. The number of rotatable bonds is 3. The van der Waals surface area contributed by atoms with Crippen LogP contribution in [0, 0.1) is 0 Å². The van der Waals surface area contributed by atoms with Crippen molar-refractivity contribution in [1.82, 2.24) is 14.8 Å². The van der Waals surface area contributed by atoms with Crippen molar-refractivity contribution in [3.63, 3.8) is 0 Å². The molecule has 0 aliphatic rings. The summed E-state index contributed by atoms with van der Waals surface area (Å²) < 4.78 is 1.88. The third-order valence-electron chi connectivity index (χ3n) is 3.47. The molecule has 0 saturated heterocycles. The van der Waals surface area contributed by atoms with E-state index < -0.39 is 0 Å². The van der Waals surface area contributed by atoms with Gasteiger partial charge in [-0.3, -0.25) is 4.98 Å². The summed E-state index contributed by atoms with van der Waals surface area (Å²) in [5, 5.41) is 5.71. The minimum absolute atomic E-state index is 0.825. The molecule has 5 heteroatoms. The zero-order valence-corrected chi connectivity index (χ0v) is 13.6. The van der Waals surface area contributed by atoms with Crippen LogP contribution in [-0.2, 0) is 0 Å². The van der Waals surface area contributed by atoms with Crippen molar-refractivity contribution < 1.29 is 0 Å². The standard InChI is InChI=1S/C19H14N4S/c1-3-7-15(8-4-1)18-22-23(17-9-5-2-6-10-17)19(24-18)21-16-11-13-20-14-12-16/h1-14H. The van der Waals surface area contributed by atoms with Gasteiger partial charge in [0, 0.05) is 18.0 Å². The second-order valence-electron chi connectivity index (χ2n) is 5.12. The summed E-state index contributed by atoms with van der Waals surface area (Å²) >= 11 is 1.57. The average Bonchev–Trinajstić information content (AvgIpc) is 3.08. The van der Waals surface area contributed by atoms with Crippen LogP contribution in [0.1, 0.15) is 0 Å². The van der Waals surface area contributed by atoms with Gasteiger partial charge in [-0.05, 0) is 24.3 Å². The van der Waals surface area contributed by atoms with E-state index in [1.54, 1.807) is 23.7 Å². The normalized spacial score (nSPS) is 11.6. The first-order valence-electron chi connectivity index (χ1n) is 7.56. The van der Waals surface area contributed by atoms with E-state index in [-0.39, 0.29) is 0 Å². The fourth-order valence-electron chi connectivity index (χ4n) is 2.32. The van der Waals surface area contributed by atoms with Gasteiger partial charge in [0.15, 0.2) is 0 Å². The van der Waals surface area contributed by atoms with Gasteiger partial charge in [0.25, 0.3) is 0 Å². The van der Waals surface area contributed by atoms with Crippen molar-refractivity contribution >= 4 is 17.0 Å². The average molecular weight is 330 g/mol. The molecule has 24 heavy (non-hydrogen) atoms. The van der Waals surface area contributed by atoms with Crippen molar-refractivity contribution in [3.05, 3.63) is 90.0 Å². The van der Waals surface area contributed by atoms with Crippen LogP contribution in [0.3, 0.4) is 0 Å². The molecule has 4 nitrogen and oxygen atoms in total. The second kappa shape index (κ2) is 6.60. The van der Waals surface area contributed by atoms with E-state index in [1.165, 1.54) is 0 Å². The van der Waals surface area contributed by atoms with Crippen LogP contribution in [0.15, 0.2) is 90.2 Å². The highest BCUT2D eigenvalue weighted by molar-refractivity contribution is 7.12. The first-order chi connectivity index (χ1) is 11.9. The van der Waals surface area contributed by atoms with Gasteiger partial charge in [-0.25, -0.2) is 9.67 Å². The SMILES string of the molecule is c1ccc(-c2nn(-c3ccccc3)c(=Nc3ccncc3)s2)cc1. The summed E-state index contributed by atoms with van der Waals surface area (Å²) in [6.45, 7) is 0. The number of aromatic nitrogens is 3. The molecule has 0 saturated carbocycles. The molecule has 0 atom stereocenters.